The lowest BCUT2D eigenvalue weighted by molar-refractivity contribution is 0.581. The maximum Gasteiger partial charge on any atom is 0.0260 e. The van der Waals surface area contributed by atoms with Crippen molar-refractivity contribution in [3.63, 3.8) is 0 Å². The fourth-order valence-corrected chi connectivity index (χ4v) is 2.75. The van der Waals surface area contributed by atoms with E-state index in [0.717, 1.165) is 37.2 Å². The first-order chi connectivity index (χ1) is 6.60. The van der Waals surface area contributed by atoms with E-state index >= 15 is 0 Å². The standard InChI is InChI=1S/C11H25NOS/c1-4-10(3)9-14(13)8-6-7-11(12)5-2/h10-11H,4-9,12H2,1-3H3. The van der Waals surface area contributed by atoms with Gasteiger partial charge in [0.2, 0.25) is 0 Å². The van der Waals surface area contributed by atoms with Gasteiger partial charge >= 0.3 is 0 Å². The Hall–Kier alpha value is 0.110. The van der Waals surface area contributed by atoms with Crippen LogP contribution in [-0.2, 0) is 10.8 Å². The van der Waals surface area contributed by atoms with Gasteiger partial charge in [-0.3, -0.25) is 4.21 Å². The lowest BCUT2D eigenvalue weighted by Gasteiger charge is -2.10. The van der Waals surface area contributed by atoms with Crippen LogP contribution in [0.1, 0.15) is 46.5 Å². The summed E-state index contributed by atoms with van der Waals surface area (Å²) >= 11 is 0. The molecule has 0 saturated carbocycles. The average molecular weight is 219 g/mol. The zero-order valence-corrected chi connectivity index (χ0v) is 10.6. The monoisotopic (exact) mass is 219 g/mol. The lowest BCUT2D eigenvalue weighted by atomic mass is 10.1. The summed E-state index contributed by atoms with van der Waals surface area (Å²) in [6.45, 7) is 6.41. The summed E-state index contributed by atoms with van der Waals surface area (Å²) in [4.78, 5) is 0. The molecule has 0 rings (SSSR count). The van der Waals surface area contributed by atoms with E-state index < -0.39 is 10.8 Å². The molecule has 86 valence electrons. The number of hydrogen-bond donors (Lipinski definition) is 1. The first-order valence-electron chi connectivity index (χ1n) is 5.70. The molecular formula is C11H25NOS. The Bertz CT molecular complexity index is 161. The first kappa shape index (κ1) is 14.1. The zero-order valence-electron chi connectivity index (χ0n) is 9.79. The lowest BCUT2D eigenvalue weighted by Crippen LogP contribution is -2.19. The van der Waals surface area contributed by atoms with Crippen molar-refractivity contribution < 1.29 is 4.21 Å². The molecule has 3 heteroatoms. The van der Waals surface area contributed by atoms with Crippen molar-refractivity contribution in [3.05, 3.63) is 0 Å². The second-order valence-corrected chi connectivity index (χ2v) is 5.76. The van der Waals surface area contributed by atoms with E-state index in [0.29, 0.717) is 12.0 Å². The highest BCUT2D eigenvalue weighted by molar-refractivity contribution is 7.84. The molecule has 14 heavy (non-hydrogen) atoms. The molecule has 0 amide bonds. The van der Waals surface area contributed by atoms with E-state index in [1.54, 1.807) is 0 Å². The molecule has 2 nitrogen and oxygen atoms in total. The van der Waals surface area contributed by atoms with Crippen LogP contribution in [0.3, 0.4) is 0 Å². The summed E-state index contributed by atoms with van der Waals surface area (Å²) in [5.74, 6) is 2.28. The smallest absolute Gasteiger partial charge is 0.0260 e. The molecular weight excluding hydrogens is 194 g/mol. The Balaban J connectivity index is 3.44. The van der Waals surface area contributed by atoms with Crippen LogP contribution in [0.25, 0.3) is 0 Å². The number of hydrogen-bond acceptors (Lipinski definition) is 2. The molecule has 0 aliphatic carbocycles. The summed E-state index contributed by atoms with van der Waals surface area (Å²) in [7, 11) is -0.624. The van der Waals surface area contributed by atoms with E-state index in [9.17, 15) is 4.21 Å². The van der Waals surface area contributed by atoms with Crippen molar-refractivity contribution >= 4 is 10.8 Å². The fourth-order valence-electron chi connectivity index (χ4n) is 1.23. The molecule has 0 fully saturated rings. The van der Waals surface area contributed by atoms with Gasteiger partial charge in [-0.25, -0.2) is 0 Å². The predicted molar refractivity (Wildman–Crippen MR) is 64.8 cm³/mol. The summed E-state index contributed by atoms with van der Waals surface area (Å²) in [5.41, 5.74) is 5.79. The maximum atomic E-state index is 11.6. The van der Waals surface area contributed by atoms with Crippen LogP contribution in [-0.4, -0.2) is 21.8 Å². The van der Waals surface area contributed by atoms with Gasteiger partial charge in [0.25, 0.3) is 0 Å². The molecule has 0 aliphatic heterocycles. The van der Waals surface area contributed by atoms with Gasteiger partial charge in [0.15, 0.2) is 0 Å². The van der Waals surface area contributed by atoms with Crippen molar-refractivity contribution in [2.45, 2.75) is 52.5 Å². The van der Waals surface area contributed by atoms with Crippen LogP contribution in [0.15, 0.2) is 0 Å². The van der Waals surface area contributed by atoms with Crippen LogP contribution >= 0.6 is 0 Å². The zero-order chi connectivity index (χ0) is 11.0. The predicted octanol–water partition coefficient (Wildman–Crippen LogP) is 2.30. The van der Waals surface area contributed by atoms with Gasteiger partial charge in [-0.1, -0.05) is 27.2 Å². The maximum absolute atomic E-state index is 11.6. The molecule has 0 heterocycles. The Morgan fingerprint density at radius 2 is 1.93 bits per heavy atom. The minimum absolute atomic E-state index is 0.301. The molecule has 0 saturated heterocycles. The van der Waals surface area contributed by atoms with Crippen LogP contribution in [0, 0.1) is 5.92 Å². The average Bonchev–Trinajstić information content (AvgIpc) is 2.17. The van der Waals surface area contributed by atoms with Crippen molar-refractivity contribution in [3.8, 4) is 0 Å². The Morgan fingerprint density at radius 1 is 1.29 bits per heavy atom. The molecule has 0 aromatic carbocycles. The molecule has 0 radical (unpaired) electrons. The highest BCUT2D eigenvalue weighted by atomic mass is 32.2. The first-order valence-corrected chi connectivity index (χ1v) is 7.19. The van der Waals surface area contributed by atoms with E-state index in [4.69, 9.17) is 5.73 Å². The molecule has 0 aliphatic rings. The van der Waals surface area contributed by atoms with Gasteiger partial charge in [-0.15, -0.1) is 0 Å². The fraction of sp³-hybridized carbons (Fsp3) is 1.00. The van der Waals surface area contributed by atoms with Gasteiger partial charge in [-0.2, -0.15) is 0 Å². The summed E-state index contributed by atoms with van der Waals surface area (Å²) in [6, 6.07) is 0.301. The topological polar surface area (TPSA) is 43.1 Å². The quantitative estimate of drug-likeness (QED) is 0.680. The van der Waals surface area contributed by atoms with E-state index in [1.807, 2.05) is 0 Å². The van der Waals surface area contributed by atoms with Crippen molar-refractivity contribution in [1.82, 2.24) is 0 Å². The van der Waals surface area contributed by atoms with Gasteiger partial charge in [0, 0.05) is 28.3 Å². The van der Waals surface area contributed by atoms with Crippen LogP contribution < -0.4 is 5.73 Å². The SMILES string of the molecule is CCC(C)CS(=O)CCCC(N)CC. The van der Waals surface area contributed by atoms with Gasteiger partial charge in [0.05, 0.1) is 0 Å². The van der Waals surface area contributed by atoms with Crippen LogP contribution in [0.5, 0.6) is 0 Å². The largest absolute Gasteiger partial charge is 0.328 e. The normalized spacial score (nSPS) is 17.7. The highest BCUT2D eigenvalue weighted by Crippen LogP contribution is 2.05. The van der Waals surface area contributed by atoms with E-state index in [-0.39, 0.29) is 0 Å². The molecule has 0 aromatic heterocycles. The Morgan fingerprint density at radius 3 is 2.43 bits per heavy atom. The van der Waals surface area contributed by atoms with Crippen molar-refractivity contribution in [2.24, 2.45) is 11.7 Å². The number of nitrogens with two attached hydrogens (primary N) is 1. The van der Waals surface area contributed by atoms with Crippen LogP contribution in [0.4, 0.5) is 0 Å². The van der Waals surface area contributed by atoms with Crippen molar-refractivity contribution in [2.75, 3.05) is 11.5 Å². The van der Waals surface area contributed by atoms with Gasteiger partial charge in [-0.05, 0) is 25.2 Å². The van der Waals surface area contributed by atoms with Gasteiger partial charge in [0.1, 0.15) is 0 Å². The molecule has 0 aromatic rings. The minimum Gasteiger partial charge on any atom is -0.328 e. The molecule has 0 spiro atoms. The molecule has 3 unspecified atom stereocenters. The molecule has 0 bridgehead atoms. The van der Waals surface area contributed by atoms with Crippen LogP contribution in [0.2, 0.25) is 0 Å². The number of rotatable bonds is 8. The summed E-state index contributed by atoms with van der Waals surface area (Å²) < 4.78 is 11.6. The van der Waals surface area contributed by atoms with Crippen molar-refractivity contribution in [1.29, 1.82) is 0 Å². The second kappa shape index (κ2) is 8.42. The third kappa shape index (κ3) is 7.51. The summed E-state index contributed by atoms with van der Waals surface area (Å²) in [6.07, 6.45) is 4.18. The summed E-state index contributed by atoms with van der Waals surface area (Å²) in [5, 5.41) is 0. The van der Waals surface area contributed by atoms with E-state index in [1.165, 1.54) is 0 Å². The van der Waals surface area contributed by atoms with E-state index in [2.05, 4.69) is 20.8 Å². The minimum atomic E-state index is -0.624. The Kier molecular flexibility index (Phi) is 8.49. The molecule has 2 N–H and O–H groups in total. The second-order valence-electron chi connectivity index (χ2n) is 4.13. The molecule has 3 atom stereocenters. The van der Waals surface area contributed by atoms with Gasteiger partial charge < -0.3 is 5.73 Å². The Labute approximate surface area is 91.1 Å². The highest BCUT2D eigenvalue weighted by Gasteiger charge is 2.06. The third-order valence-corrected chi connectivity index (χ3v) is 4.32. The third-order valence-electron chi connectivity index (χ3n) is 2.64.